The summed E-state index contributed by atoms with van der Waals surface area (Å²) in [4.78, 5) is 4.18. The third-order valence-electron chi connectivity index (χ3n) is 2.33. The summed E-state index contributed by atoms with van der Waals surface area (Å²) >= 11 is 0. The lowest BCUT2D eigenvalue weighted by Gasteiger charge is -2.14. The van der Waals surface area contributed by atoms with Gasteiger partial charge in [-0.25, -0.2) is 0 Å². The van der Waals surface area contributed by atoms with Crippen LogP contribution in [-0.4, -0.2) is 12.9 Å². The molecule has 0 aromatic heterocycles. The van der Waals surface area contributed by atoms with E-state index >= 15 is 0 Å². The van der Waals surface area contributed by atoms with Crippen LogP contribution in [0.2, 0.25) is 0 Å². The minimum absolute atomic E-state index is 0.584. The molecule has 1 aliphatic rings. The van der Waals surface area contributed by atoms with E-state index in [9.17, 15) is 0 Å². The van der Waals surface area contributed by atoms with E-state index in [4.69, 9.17) is 0 Å². The van der Waals surface area contributed by atoms with Crippen molar-refractivity contribution in [2.75, 3.05) is 12.0 Å². The lowest BCUT2D eigenvalue weighted by atomic mass is 10.00. The molecular formula is C13H20N2. The number of hydrogen-bond donors (Lipinski definition) is 1. The van der Waals surface area contributed by atoms with Gasteiger partial charge in [0.15, 0.2) is 0 Å². The Hall–Kier alpha value is -1.31. The minimum atomic E-state index is 0.584. The maximum atomic E-state index is 4.18. The Morgan fingerprint density at radius 3 is 2.67 bits per heavy atom. The van der Waals surface area contributed by atoms with E-state index in [1.807, 2.05) is 20.1 Å². The fraction of sp³-hybridized carbons (Fsp3) is 0.462. The lowest BCUT2D eigenvalue weighted by molar-refractivity contribution is 0.866. The monoisotopic (exact) mass is 204 g/mol. The SMILES string of the molecule is CC.CC(C)c1ccc2c(c1)C=NCN2. The van der Waals surface area contributed by atoms with Crippen molar-refractivity contribution in [2.45, 2.75) is 33.6 Å². The van der Waals surface area contributed by atoms with Crippen LogP contribution in [0.4, 0.5) is 5.69 Å². The third-order valence-corrected chi connectivity index (χ3v) is 2.33. The molecule has 0 aliphatic carbocycles. The zero-order chi connectivity index (χ0) is 11.3. The van der Waals surface area contributed by atoms with Crippen LogP contribution in [0.3, 0.4) is 0 Å². The maximum absolute atomic E-state index is 4.18. The molecular weight excluding hydrogens is 184 g/mol. The molecule has 1 aliphatic heterocycles. The number of rotatable bonds is 1. The van der Waals surface area contributed by atoms with E-state index in [1.165, 1.54) is 16.8 Å². The van der Waals surface area contributed by atoms with Gasteiger partial charge in [0.2, 0.25) is 0 Å². The largest absolute Gasteiger partial charge is 0.366 e. The van der Waals surface area contributed by atoms with E-state index < -0.39 is 0 Å². The first-order chi connectivity index (χ1) is 7.27. The van der Waals surface area contributed by atoms with E-state index in [0.717, 1.165) is 0 Å². The smallest absolute Gasteiger partial charge is 0.107 e. The second-order valence-electron chi connectivity index (χ2n) is 3.65. The molecule has 2 nitrogen and oxygen atoms in total. The number of nitrogens with one attached hydrogen (secondary N) is 1. The normalized spacial score (nSPS) is 12.6. The molecule has 0 bridgehead atoms. The summed E-state index contributed by atoms with van der Waals surface area (Å²) in [6.07, 6.45) is 1.94. The van der Waals surface area contributed by atoms with Gasteiger partial charge in [0, 0.05) is 17.5 Å². The van der Waals surface area contributed by atoms with Crippen molar-refractivity contribution < 1.29 is 0 Å². The van der Waals surface area contributed by atoms with Crippen LogP contribution in [-0.2, 0) is 0 Å². The first-order valence-electron chi connectivity index (χ1n) is 5.65. The van der Waals surface area contributed by atoms with E-state index in [1.54, 1.807) is 0 Å². The van der Waals surface area contributed by atoms with Crippen molar-refractivity contribution in [3.8, 4) is 0 Å². The molecule has 0 radical (unpaired) electrons. The molecule has 2 heteroatoms. The fourth-order valence-electron chi connectivity index (χ4n) is 1.48. The highest BCUT2D eigenvalue weighted by Gasteiger charge is 2.06. The number of nitrogens with zero attached hydrogens (tertiary/aromatic N) is 1. The van der Waals surface area contributed by atoms with Gasteiger partial charge < -0.3 is 5.32 Å². The molecule has 0 fully saturated rings. The number of fused-ring (bicyclic) bond motifs is 1. The molecule has 0 atom stereocenters. The van der Waals surface area contributed by atoms with Crippen LogP contribution < -0.4 is 5.32 Å². The Morgan fingerprint density at radius 1 is 1.27 bits per heavy atom. The van der Waals surface area contributed by atoms with Crippen LogP contribution in [0.1, 0.15) is 44.7 Å². The highest BCUT2D eigenvalue weighted by atomic mass is 15.0. The Balaban J connectivity index is 0.000000531. The summed E-state index contributed by atoms with van der Waals surface area (Å²) in [5, 5.41) is 3.23. The fourth-order valence-corrected chi connectivity index (χ4v) is 1.48. The summed E-state index contributed by atoms with van der Waals surface area (Å²) in [5.74, 6) is 0.584. The molecule has 82 valence electrons. The molecule has 1 aromatic carbocycles. The molecule has 1 N–H and O–H groups in total. The average molecular weight is 204 g/mol. The maximum Gasteiger partial charge on any atom is 0.107 e. The van der Waals surface area contributed by atoms with Gasteiger partial charge in [-0.15, -0.1) is 0 Å². The Bertz CT molecular complexity index is 340. The van der Waals surface area contributed by atoms with E-state index in [2.05, 4.69) is 42.4 Å². The van der Waals surface area contributed by atoms with Gasteiger partial charge in [-0.05, 0) is 23.6 Å². The summed E-state index contributed by atoms with van der Waals surface area (Å²) in [5.41, 5.74) is 3.77. The van der Waals surface area contributed by atoms with Crippen LogP contribution in [0.15, 0.2) is 23.2 Å². The number of aliphatic imine (C=N–C) groups is 1. The molecule has 0 unspecified atom stereocenters. The van der Waals surface area contributed by atoms with Crippen molar-refractivity contribution >= 4 is 11.9 Å². The number of benzene rings is 1. The summed E-state index contributed by atoms with van der Waals surface area (Å²) in [6.45, 7) is 9.11. The van der Waals surface area contributed by atoms with Crippen LogP contribution in [0, 0.1) is 0 Å². The summed E-state index contributed by atoms with van der Waals surface area (Å²) in [7, 11) is 0. The molecule has 0 saturated carbocycles. The van der Waals surface area contributed by atoms with Crippen molar-refractivity contribution in [3.05, 3.63) is 29.3 Å². The predicted molar refractivity (Wildman–Crippen MR) is 68.0 cm³/mol. The van der Waals surface area contributed by atoms with Crippen molar-refractivity contribution in [3.63, 3.8) is 0 Å². The Kier molecular flexibility index (Phi) is 4.35. The Labute approximate surface area is 92.4 Å². The lowest BCUT2D eigenvalue weighted by Crippen LogP contribution is -2.08. The van der Waals surface area contributed by atoms with Gasteiger partial charge in [0.1, 0.15) is 6.67 Å². The van der Waals surface area contributed by atoms with Gasteiger partial charge in [0.25, 0.3) is 0 Å². The van der Waals surface area contributed by atoms with Gasteiger partial charge in [0.05, 0.1) is 0 Å². The summed E-state index contributed by atoms with van der Waals surface area (Å²) in [6, 6.07) is 6.52. The molecule has 15 heavy (non-hydrogen) atoms. The van der Waals surface area contributed by atoms with Gasteiger partial charge >= 0.3 is 0 Å². The quantitative estimate of drug-likeness (QED) is 0.742. The van der Waals surface area contributed by atoms with Gasteiger partial charge in [-0.1, -0.05) is 33.8 Å². The average Bonchev–Trinajstić information content (AvgIpc) is 2.31. The third kappa shape index (κ3) is 2.82. The molecule has 0 amide bonds. The highest BCUT2D eigenvalue weighted by molar-refractivity contribution is 5.89. The number of hydrogen-bond acceptors (Lipinski definition) is 2. The van der Waals surface area contributed by atoms with E-state index in [-0.39, 0.29) is 0 Å². The minimum Gasteiger partial charge on any atom is -0.366 e. The zero-order valence-electron chi connectivity index (χ0n) is 10.0. The zero-order valence-corrected chi connectivity index (χ0v) is 10.0. The van der Waals surface area contributed by atoms with Crippen molar-refractivity contribution in [1.82, 2.24) is 0 Å². The topological polar surface area (TPSA) is 24.4 Å². The predicted octanol–water partition coefficient (Wildman–Crippen LogP) is 3.64. The molecule has 0 saturated heterocycles. The standard InChI is InChI=1S/C11H14N2.C2H6/c1-8(2)9-3-4-11-10(5-9)6-12-7-13-11;1-2/h3-6,8,13H,7H2,1-2H3;1-2H3. The first-order valence-corrected chi connectivity index (χ1v) is 5.65. The van der Waals surface area contributed by atoms with Gasteiger partial charge in [-0.3, -0.25) is 4.99 Å². The second kappa shape index (κ2) is 5.54. The second-order valence-corrected chi connectivity index (χ2v) is 3.65. The van der Waals surface area contributed by atoms with Crippen molar-refractivity contribution in [2.24, 2.45) is 4.99 Å². The Morgan fingerprint density at radius 2 is 2.00 bits per heavy atom. The van der Waals surface area contributed by atoms with Crippen LogP contribution in [0.5, 0.6) is 0 Å². The molecule has 1 heterocycles. The summed E-state index contributed by atoms with van der Waals surface area (Å²) < 4.78 is 0. The van der Waals surface area contributed by atoms with Gasteiger partial charge in [-0.2, -0.15) is 0 Å². The molecule has 2 rings (SSSR count). The number of anilines is 1. The van der Waals surface area contributed by atoms with E-state index in [0.29, 0.717) is 12.6 Å². The van der Waals surface area contributed by atoms with Crippen LogP contribution >= 0.6 is 0 Å². The molecule has 0 spiro atoms. The van der Waals surface area contributed by atoms with Crippen LogP contribution in [0.25, 0.3) is 0 Å². The highest BCUT2D eigenvalue weighted by Crippen LogP contribution is 2.22. The first kappa shape index (κ1) is 11.8. The molecule has 1 aromatic rings. The van der Waals surface area contributed by atoms with Crippen molar-refractivity contribution in [1.29, 1.82) is 0 Å².